The molecule has 10 nitrogen and oxygen atoms in total. The van der Waals surface area contributed by atoms with Gasteiger partial charge in [-0.1, -0.05) is 12.1 Å². The fourth-order valence-electron chi connectivity index (χ4n) is 3.02. The number of fused-ring (bicyclic) bond motifs is 2. The number of hydrogen-bond donors (Lipinski definition) is 3. The number of pyridine rings is 1. The van der Waals surface area contributed by atoms with E-state index in [1.54, 1.807) is 12.1 Å². The first-order valence-electron chi connectivity index (χ1n) is 8.55. The Balaban J connectivity index is 0.00000289. The molecule has 0 aliphatic carbocycles. The van der Waals surface area contributed by atoms with Crippen molar-refractivity contribution < 1.29 is 60.6 Å². The minimum absolute atomic E-state index is 0. The maximum absolute atomic E-state index is 11.7. The van der Waals surface area contributed by atoms with Crippen LogP contribution in [0.1, 0.15) is 0 Å². The van der Waals surface area contributed by atoms with Crippen molar-refractivity contribution in [2.75, 3.05) is 0 Å². The molecule has 0 radical (unpaired) electrons. The fraction of sp³-hybridized carbons (Fsp3) is 0. The quantitative estimate of drug-likeness (QED) is 0.220. The van der Waals surface area contributed by atoms with Crippen LogP contribution in [0.25, 0.3) is 21.7 Å². The number of azo groups is 1. The van der Waals surface area contributed by atoms with Crippen molar-refractivity contribution in [1.82, 2.24) is 4.98 Å². The summed E-state index contributed by atoms with van der Waals surface area (Å²) in [5.74, 6) is -0.412. The third kappa shape index (κ3) is 4.81. The number of benzene rings is 3. The number of hydrogen-bond acceptors (Lipinski definition) is 8. The molecule has 0 unspecified atom stereocenters. The van der Waals surface area contributed by atoms with Gasteiger partial charge >= 0.3 is 29.6 Å². The molecule has 0 aliphatic heterocycles. The van der Waals surface area contributed by atoms with Crippen LogP contribution in [-0.2, 0) is 20.2 Å². The first kappa shape index (κ1) is 24.2. The normalized spacial score (nSPS) is 12.3. The maximum atomic E-state index is 11.7. The van der Waals surface area contributed by atoms with Crippen molar-refractivity contribution in [2.24, 2.45) is 10.2 Å². The summed E-state index contributed by atoms with van der Waals surface area (Å²) in [7, 11) is -8.95. The van der Waals surface area contributed by atoms with E-state index in [0.717, 1.165) is 6.07 Å². The molecule has 1 heterocycles. The van der Waals surface area contributed by atoms with Gasteiger partial charge in [-0.25, -0.2) is 0 Å². The van der Waals surface area contributed by atoms with Gasteiger partial charge in [0.05, 0.1) is 10.6 Å². The van der Waals surface area contributed by atoms with Gasteiger partial charge < -0.3 is 5.11 Å². The smallest absolute Gasteiger partial charge is 0.504 e. The number of phenols is 1. The topological polar surface area (TPSA) is 167 Å². The van der Waals surface area contributed by atoms with Crippen LogP contribution in [0.2, 0.25) is 0 Å². The van der Waals surface area contributed by atoms with E-state index in [1.165, 1.54) is 42.6 Å². The zero-order valence-electron chi connectivity index (χ0n) is 16.4. The van der Waals surface area contributed by atoms with Crippen LogP contribution >= 0.6 is 0 Å². The molecule has 0 spiro atoms. The third-order valence-electron chi connectivity index (χ3n) is 4.45. The molecule has 13 heteroatoms. The van der Waals surface area contributed by atoms with Gasteiger partial charge in [-0.2, -0.15) is 21.9 Å². The predicted molar refractivity (Wildman–Crippen MR) is 111 cm³/mol. The monoisotopic (exact) mass is 482 g/mol. The van der Waals surface area contributed by atoms with E-state index in [-0.39, 0.29) is 51.0 Å². The van der Waals surface area contributed by atoms with Crippen molar-refractivity contribution in [3.63, 3.8) is 0 Å². The van der Waals surface area contributed by atoms with E-state index in [9.17, 15) is 26.5 Å². The largest absolute Gasteiger partial charge is 1.00 e. The average molecular weight is 482 g/mol. The van der Waals surface area contributed by atoms with Crippen molar-refractivity contribution >= 4 is 53.3 Å². The molecule has 1 aromatic heterocycles. The zero-order valence-corrected chi connectivity index (χ0v) is 20.0. The molecule has 4 aromatic rings. The first-order chi connectivity index (χ1) is 14.5. The van der Waals surface area contributed by atoms with Gasteiger partial charge in [-0.05, 0) is 53.2 Å². The summed E-state index contributed by atoms with van der Waals surface area (Å²) in [6, 6.07) is 12.5. The van der Waals surface area contributed by atoms with E-state index in [1.807, 2.05) is 0 Å². The summed E-state index contributed by atoms with van der Waals surface area (Å²) >= 11 is 0. The van der Waals surface area contributed by atoms with Crippen molar-refractivity contribution in [3.05, 3.63) is 60.8 Å². The Bertz CT molecular complexity index is 1600. The van der Waals surface area contributed by atoms with Crippen LogP contribution in [0.3, 0.4) is 0 Å². The molecule has 0 saturated carbocycles. The second-order valence-electron chi connectivity index (χ2n) is 6.49. The van der Waals surface area contributed by atoms with Crippen LogP contribution in [0, 0.1) is 0 Å². The Labute approximate surface area is 204 Å². The van der Waals surface area contributed by atoms with Gasteiger partial charge in [0.2, 0.25) is 0 Å². The van der Waals surface area contributed by atoms with Gasteiger partial charge in [-0.15, -0.1) is 5.11 Å². The summed E-state index contributed by atoms with van der Waals surface area (Å²) in [6.45, 7) is 0. The molecular weight excluding hydrogens is 469 g/mol. The van der Waals surface area contributed by atoms with Gasteiger partial charge in [0, 0.05) is 11.6 Å². The molecule has 0 atom stereocenters. The van der Waals surface area contributed by atoms with Gasteiger partial charge in [0.1, 0.15) is 16.1 Å². The molecule has 0 amide bonds. The Kier molecular flexibility index (Phi) is 6.67. The van der Waals surface area contributed by atoms with E-state index in [2.05, 4.69) is 15.2 Å². The summed E-state index contributed by atoms with van der Waals surface area (Å²) < 4.78 is 64.7. The molecular formula is C19H13N3NaO7S2+. The Hall–Kier alpha value is -2.45. The maximum Gasteiger partial charge on any atom is 1.00 e. The molecule has 3 N–H and O–H groups in total. The predicted octanol–water partition coefficient (Wildman–Crippen LogP) is 1.01. The van der Waals surface area contributed by atoms with Crippen LogP contribution in [0.4, 0.5) is 11.4 Å². The Morgan fingerprint density at radius 3 is 2.19 bits per heavy atom. The minimum atomic E-state index is -4.62. The van der Waals surface area contributed by atoms with Gasteiger partial charge in [-0.3, -0.25) is 14.1 Å². The van der Waals surface area contributed by atoms with Gasteiger partial charge in [0.25, 0.3) is 20.2 Å². The number of aromatic hydroxyl groups is 1. The number of nitrogens with zero attached hydrogens (tertiary/aromatic N) is 3. The third-order valence-corrected chi connectivity index (χ3v) is 6.20. The standard InChI is InChI=1S/C19H13N3O7S2.Na/c23-19-16(10-17(31(27,28)29)15-2-1-7-20-18(15)19)22-21-13-5-3-12-9-14(30(24,25)26)6-4-11(12)8-13;/h1-10,23H,(H,24,25,26)(H,27,28,29);/q;+1. The van der Waals surface area contributed by atoms with Gasteiger partial charge in [0.15, 0.2) is 5.75 Å². The summed E-state index contributed by atoms with van der Waals surface area (Å²) in [4.78, 5) is 3.22. The van der Waals surface area contributed by atoms with E-state index < -0.39 is 30.9 Å². The summed E-state index contributed by atoms with van der Waals surface area (Å²) in [6.07, 6.45) is 1.35. The number of aromatic nitrogens is 1. The average Bonchev–Trinajstić information content (AvgIpc) is 2.71. The molecule has 4 rings (SSSR count). The van der Waals surface area contributed by atoms with Crippen molar-refractivity contribution in [2.45, 2.75) is 9.79 Å². The summed E-state index contributed by atoms with van der Waals surface area (Å²) in [5.41, 5.74) is 0.0319. The molecule has 0 aliphatic rings. The molecule has 3 aromatic carbocycles. The van der Waals surface area contributed by atoms with Crippen LogP contribution in [-0.4, -0.2) is 36.0 Å². The van der Waals surface area contributed by atoms with Crippen LogP contribution in [0.15, 0.2) is 80.8 Å². The Morgan fingerprint density at radius 1 is 0.812 bits per heavy atom. The van der Waals surface area contributed by atoms with Crippen LogP contribution in [0.5, 0.6) is 5.75 Å². The van der Waals surface area contributed by atoms with E-state index >= 15 is 0 Å². The first-order valence-corrected chi connectivity index (χ1v) is 11.4. The fourth-order valence-corrected chi connectivity index (χ4v) is 4.24. The second kappa shape index (κ2) is 8.83. The molecule has 0 saturated heterocycles. The minimum Gasteiger partial charge on any atom is -0.504 e. The molecule has 158 valence electrons. The number of phenolic OH excluding ortho intramolecular Hbond substituents is 1. The van der Waals surface area contributed by atoms with Crippen molar-refractivity contribution in [1.29, 1.82) is 0 Å². The summed E-state index contributed by atoms with van der Waals surface area (Å²) in [5, 5.41) is 19.5. The van der Waals surface area contributed by atoms with Crippen LogP contribution < -0.4 is 29.6 Å². The second-order valence-corrected chi connectivity index (χ2v) is 9.30. The van der Waals surface area contributed by atoms with E-state index in [4.69, 9.17) is 4.55 Å². The molecule has 32 heavy (non-hydrogen) atoms. The molecule has 0 fully saturated rings. The number of rotatable bonds is 4. The van der Waals surface area contributed by atoms with Crippen molar-refractivity contribution in [3.8, 4) is 5.75 Å². The Morgan fingerprint density at radius 2 is 1.50 bits per heavy atom. The zero-order chi connectivity index (χ0) is 22.4. The van der Waals surface area contributed by atoms with E-state index in [0.29, 0.717) is 16.5 Å². The molecule has 0 bridgehead atoms. The SMILES string of the molecule is O=S(=O)(O)c1ccc2cc(N=Nc3cc(S(=O)(=O)O)c4cccnc4c3O)ccc2c1.[Na+].